The van der Waals surface area contributed by atoms with Crippen molar-refractivity contribution < 1.29 is 9.53 Å². The van der Waals surface area contributed by atoms with Crippen molar-refractivity contribution in [2.45, 2.75) is 26.9 Å². The van der Waals surface area contributed by atoms with Crippen LogP contribution in [-0.2, 0) is 17.9 Å². The fraction of sp³-hybridized carbons (Fsp3) is 0.320. The second kappa shape index (κ2) is 11.5. The molecule has 0 aliphatic carbocycles. The van der Waals surface area contributed by atoms with Gasteiger partial charge in [0.25, 0.3) is 0 Å². The molecule has 3 aromatic rings. The molecule has 1 aliphatic heterocycles. The highest BCUT2D eigenvalue weighted by Crippen LogP contribution is 2.26. The van der Waals surface area contributed by atoms with Crippen molar-refractivity contribution in [1.82, 2.24) is 19.7 Å². The highest BCUT2D eigenvalue weighted by molar-refractivity contribution is 6.30. The van der Waals surface area contributed by atoms with Gasteiger partial charge in [-0.05, 0) is 49.8 Å². The number of benzene rings is 1. The number of hydrogen-bond donors (Lipinski definition) is 0. The van der Waals surface area contributed by atoms with Crippen LogP contribution in [0.3, 0.4) is 0 Å². The van der Waals surface area contributed by atoms with Crippen LogP contribution in [0.5, 0.6) is 5.75 Å². The molecule has 1 saturated heterocycles. The Bertz CT molecular complexity index is 1150. The Morgan fingerprint density at radius 1 is 1.18 bits per heavy atom. The minimum Gasteiger partial charge on any atom is -0.489 e. The molecule has 0 saturated carbocycles. The lowest BCUT2D eigenvalue weighted by atomic mass is 10.2. The number of carbonyl (C=O) groups is 1. The highest BCUT2D eigenvalue weighted by Gasteiger charge is 2.27. The lowest BCUT2D eigenvalue weighted by molar-refractivity contribution is -0.121. The molecule has 4 rings (SSSR count). The molecule has 1 fully saturated rings. The monoisotopic (exact) mass is 501 g/mol. The molecular formula is C25H29Cl2N5O2. The Kier molecular flexibility index (Phi) is 8.72. The van der Waals surface area contributed by atoms with Crippen molar-refractivity contribution in [2.24, 2.45) is 0 Å². The summed E-state index contributed by atoms with van der Waals surface area (Å²) in [5, 5.41) is 5.36. The third kappa shape index (κ3) is 6.38. The van der Waals surface area contributed by atoms with Gasteiger partial charge in [0, 0.05) is 48.2 Å². The number of anilines is 1. The zero-order chi connectivity index (χ0) is 23.4. The summed E-state index contributed by atoms with van der Waals surface area (Å²) in [6.45, 7) is 11.1. The fourth-order valence-corrected chi connectivity index (χ4v) is 3.97. The third-order valence-corrected chi connectivity index (χ3v) is 5.71. The maximum atomic E-state index is 12.9. The highest BCUT2D eigenvalue weighted by atomic mass is 35.5. The number of carbonyl (C=O) groups excluding carboxylic acids is 1. The minimum atomic E-state index is 0. The standard InChI is InChI=1S/C25H28ClN5O2.ClH/c1-18(2)17-33-23-8-7-21(26)13-20(23)14-31-19(3)12-24(28-31)30-11-10-29(16-25(30)32)15-22-6-4-5-9-27-22;/h4-9,12-13H,1,10-11,14-17H2,2-3H3;1H. The van der Waals surface area contributed by atoms with E-state index in [9.17, 15) is 4.79 Å². The van der Waals surface area contributed by atoms with E-state index in [0.717, 1.165) is 34.8 Å². The molecular weight excluding hydrogens is 473 g/mol. The Hall–Kier alpha value is -2.87. The van der Waals surface area contributed by atoms with E-state index in [1.165, 1.54) is 0 Å². The topological polar surface area (TPSA) is 63.5 Å². The van der Waals surface area contributed by atoms with Crippen LogP contribution < -0.4 is 9.64 Å². The number of nitrogens with zero attached hydrogens (tertiary/aromatic N) is 5. The Morgan fingerprint density at radius 2 is 2.00 bits per heavy atom. The molecule has 180 valence electrons. The van der Waals surface area contributed by atoms with Gasteiger partial charge in [-0.3, -0.25) is 24.3 Å². The van der Waals surface area contributed by atoms with Gasteiger partial charge in [-0.15, -0.1) is 12.4 Å². The van der Waals surface area contributed by atoms with Crippen molar-refractivity contribution in [3.05, 3.63) is 82.8 Å². The predicted octanol–water partition coefficient (Wildman–Crippen LogP) is 4.51. The number of piperazine rings is 1. The van der Waals surface area contributed by atoms with E-state index in [4.69, 9.17) is 21.4 Å². The maximum absolute atomic E-state index is 12.9. The summed E-state index contributed by atoms with van der Waals surface area (Å²) < 4.78 is 7.77. The van der Waals surface area contributed by atoms with Crippen LogP contribution in [0.1, 0.15) is 23.9 Å². The summed E-state index contributed by atoms with van der Waals surface area (Å²) in [6, 6.07) is 13.3. The molecule has 1 aliphatic rings. The van der Waals surface area contributed by atoms with E-state index in [2.05, 4.69) is 16.5 Å². The molecule has 7 nitrogen and oxygen atoms in total. The summed E-state index contributed by atoms with van der Waals surface area (Å²) in [6.07, 6.45) is 1.78. The number of halogens is 2. The van der Waals surface area contributed by atoms with Crippen LogP contribution >= 0.6 is 24.0 Å². The molecule has 0 atom stereocenters. The van der Waals surface area contributed by atoms with Crippen LogP contribution in [0, 0.1) is 6.92 Å². The summed E-state index contributed by atoms with van der Waals surface area (Å²) in [4.78, 5) is 21.1. The Morgan fingerprint density at radius 3 is 2.71 bits per heavy atom. The average molecular weight is 502 g/mol. The summed E-state index contributed by atoms with van der Waals surface area (Å²) in [5.41, 5.74) is 3.78. The van der Waals surface area contributed by atoms with Crippen LogP contribution in [0.2, 0.25) is 5.02 Å². The van der Waals surface area contributed by atoms with Gasteiger partial charge in [-0.25, -0.2) is 0 Å². The minimum absolute atomic E-state index is 0. The predicted molar refractivity (Wildman–Crippen MR) is 137 cm³/mol. The van der Waals surface area contributed by atoms with Crippen LogP contribution in [0.25, 0.3) is 0 Å². The van der Waals surface area contributed by atoms with Crippen molar-refractivity contribution in [3.63, 3.8) is 0 Å². The molecule has 0 bridgehead atoms. The number of ether oxygens (including phenoxy) is 1. The largest absolute Gasteiger partial charge is 0.489 e. The molecule has 3 heterocycles. The first kappa shape index (κ1) is 25.7. The van der Waals surface area contributed by atoms with Crippen molar-refractivity contribution in [2.75, 3.05) is 31.1 Å². The quantitative estimate of drug-likeness (QED) is 0.424. The number of aromatic nitrogens is 3. The van der Waals surface area contributed by atoms with E-state index in [1.54, 1.807) is 11.1 Å². The Balaban J connectivity index is 0.00000324. The van der Waals surface area contributed by atoms with Crippen LogP contribution in [0.15, 0.2) is 60.8 Å². The van der Waals surface area contributed by atoms with Gasteiger partial charge in [-0.1, -0.05) is 24.2 Å². The molecule has 9 heteroatoms. The molecule has 0 unspecified atom stereocenters. The lowest BCUT2D eigenvalue weighted by Gasteiger charge is -2.32. The first-order valence-electron chi connectivity index (χ1n) is 10.9. The smallest absolute Gasteiger partial charge is 0.242 e. The fourth-order valence-electron chi connectivity index (χ4n) is 3.78. The zero-order valence-electron chi connectivity index (χ0n) is 19.4. The molecule has 0 spiro atoms. The average Bonchev–Trinajstić information content (AvgIpc) is 3.13. The van der Waals surface area contributed by atoms with Gasteiger partial charge >= 0.3 is 0 Å². The molecule has 0 N–H and O–H groups in total. The van der Waals surface area contributed by atoms with E-state index in [-0.39, 0.29) is 18.3 Å². The number of amides is 1. The van der Waals surface area contributed by atoms with Gasteiger partial charge in [0.05, 0.1) is 18.8 Å². The van der Waals surface area contributed by atoms with Gasteiger partial charge in [0.2, 0.25) is 5.91 Å². The van der Waals surface area contributed by atoms with E-state index in [1.807, 2.05) is 61.0 Å². The second-order valence-corrected chi connectivity index (χ2v) is 8.81. The number of rotatable bonds is 8. The SMILES string of the molecule is C=C(C)COc1ccc(Cl)cc1Cn1nc(N2CCN(Cc3ccccn3)CC2=O)cc1C.Cl. The second-order valence-electron chi connectivity index (χ2n) is 8.38. The summed E-state index contributed by atoms with van der Waals surface area (Å²) in [5.74, 6) is 1.45. The molecule has 1 amide bonds. The first-order valence-corrected chi connectivity index (χ1v) is 11.3. The molecule has 1 aromatic carbocycles. The summed E-state index contributed by atoms with van der Waals surface area (Å²) >= 11 is 6.24. The number of hydrogen-bond acceptors (Lipinski definition) is 5. The van der Waals surface area contributed by atoms with Gasteiger partial charge in [0.15, 0.2) is 5.82 Å². The third-order valence-electron chi connectivity index (χ3n) is 5.47. The van der Waals surface area contributed by atoms with Gasteiger partial charge in [-0.2, -0.15) is 5.10 Å². The van der Waals surface area contributed by atoms with E-state index < -0.39 is 0 Å². The first-order chi connectivity index (χ1) is 15.9. The van der Waals surface area contributed by atoms with E-state index in [0.29, 0.717) is 43.6 Å². The van der Waals surface area contributed by atoms with Gasteiger partial charge in [0.1, 0.15) is 12.4 Å². The van der Waals surface area contributed by atoms with Crippen molar-refractivity contribution >= 4 is 35.7 Å². The Labute approximate surface area is 211 Å². The van der Waals surface area contributed by atoms with Crippen molar-refractivity contribution in [3.8, 4) is 5.75 Å². The zero-order valence-corrected chi connectivity index (χ0v) is 21.0. The van der Waals surface area contributed by atoms with Crippen LogP contribution in [0.4, 0.5) is 5.82 Å². The van der Waals surface area contributed by atoms with Gasteiger partial charge < -0.3 is 4.74 Å². The van der Waals surface area contributed by atoms with Crippen LogP contribution in [-0.4, -0.2) is 51.8 Å². The number of aryl methyl sites for hydroxylation is 1. The number of pyridine rings is 1. The summed E-state index contributed by atoms with van der Waals surface area (Å²) in [7, 11) is 0. The van der Waals surface area contributed by atoms with E-state index >= 15 is 0 Å². The molecule has 0 radical (unpaired) electrons. The molecule has 34 heavy (non-hydrogen) atoms. The van der Waals surface area contributed by atoms with Crippen molar-refractivity contribution in [1.29, 1.82) is 0 Å². The normalized spacial score (nSPS) is 14.1. The maximum Gasteiger partial charge on any atom is 0.242 e. The lowest BCUT2D eigenvalue weighted by Crippen LogP contribution is -2.50. The molecule has 2 aromatic heterocycles.